The van der Waals surface area contributed by atoms with Crippen molar-refractivity contribution in [1.29, 1.82) is 0 Å². The van der Waals surface area contributed by atoms with E-state index in [4.69, 9.17) is 9.47 Å². The van der Waals surface area contributed by atoms with Crippen molar-refractivity contribution in [3.05, 3.63) is 0 Å². The quantitative estimate of drug-likeness (QED) is 0.175. The third-order valence-electron chi connectivity index (χ3n) is 5.93. The molecule has 1 saturated heterocycles. The van der Waals surface area contributed by atoms with E-state index in [2.05, 4.69) is 6.92 Å². The molecule has 0 aromatic carbocycles. The second-order valence-electron chi connectivity index (χ2n) is 8.73. The van der Waals surface area contributed by atoms with Crippen LogP contribution in [0.3, 0.4) is 0 Å². The molecule has 0 radical (unpaired) electrons. The van der Waals surface area contributed by atoms with Crippen LogP contribution in [0.15, 0.2) is 0 Å². The van der Waals surface area contributed by atoms with Crippen LogP contribution in [0, 0.1) is 0 Å². The molecule has 0 aromatic rings. The SMILES string of the molecule is CCCCCCCCCCCCCCCCOC(=O)C1CCCN1C(=O)OCCC. The van der Waals surface area contributed by atoms with Gasteiger partial charge in [-0.05, 0) is 25.7 Å². The zero-order valence-corrected chi connectivity index (χ0v) is 19.8. The molecule has 1 atom stereocenters. The summed E-state index contributed by atoms with van der Waals surface area (Å²) in [5.74, 6) is -0.268. The molecule has 5 heteroatoms. The lowest BCUT2D eigenvalue weighted by Crippen LogP contribution is -2.41. The molecule has 0 N–H and O–H groups in total. The first-order valence-electron chi connectivity index (χ1n) is 12.8. The van der Waals surface area contributed by atoms with Crippen molar-refractivity contribution in [2.45, 2.75) is 129 Å². The van der Waals surface area contributed by atoms with E-state index >= 15 is 0 Å². The van der Waals surface area contributed by atoms with E-state index in [-0.39, 0.29) is 12.1 Å². The third-order valence-corrected chi connectivity index (χ3v) is 5.93. The Morgan fingerprint density at radius 2 is 1.23 bits per heavy atom. The lowest BCUT2D eigenvalue weighted by molar-refractivity contribution is -0.148. The zero-order valence-electron chi connectivity index (χ0n) is 19.8. The molecule has 0 bridgehead atoms. The van der Waals surface area contributed by atoms with Crippen molar-refractivity contribution in [3.63, 3.8) is 0 Å². The van der Waals surface area contributed by atoms with E-state index in [0.717, 1.165) is 25.7 Å². The summed E-state index contributed by atoms with van der Waals surface area (Å²) in [4.78, 5) is 25.9. The normalized spacial score (nSPS) is 16.1. The van der Waals surface area contributed by atoms with Crippen LogP contribution in [0.1, 0.15) is 123 Å². The number of ether oxygens (including phenoxy) is 2. The number of rotatable bonds is 18. The number of amides is 1. The highest BCUT2D eigenvalue weighted by Gasteiger charge is 2.36. The summed E-state index contributed by atoms with van der Waals surface area (Å²) in [6.45, 7) is 5.67. The van der Waals surface area contributed by atoms with Crippen LogP contribution < -0.4 is 0 Å². The van der Waals surface area contributed by atoms with E-state index in [0.29, 0.717) is 26.2 Å². The topological polar surface area (TPSA) is 55.8 Å². The van der Waals surface area contributed by atoms with Crippen molar-refractivity contribution >= 4 is 12.1 Å². The number of likely N-dealkylation sites (tertiary alicyclic amines) is 1. The van der Waals surface area contributed by atoms with Crippen molar-refractivity contribution in [2.24, 2.45) is 0 Å². The van der Waals surface area contributed by atoms with E-state index in [1.54, 1.807) is 0 Å². The van der Waals surface area contributed by atoms with Gasteiger partial charge in [-0.1, -0.05) is 97.3 Å². The maximum Gasteiger partial charge on any atom is 0.410 e. The highest BCUT2D eigenvalue weighted by molar-refractivity contribution is 5.82. The Morgan fingerprint density at radius 3 is 1.77 bits per heavy atom. The number of hydrogen-bond donors (Lipinski definition) is 0. The van der Waals surface area contributed by atoms with Crippen LogP contribution in [-0.2, 0) is 14.3 Å². The van der Waals surface area contributed by atoms with Crippen molar-refractivity contribution in [3.8, 4) is 0 Å². The monoisotopic (exact) mass is 425 g/mol. The van der Waals surface area contributed by atoms with Gasteiger partial charge in [0.2, 0.25) is 0 Å². The number of carbonyl (C=O) groups excluding carboxylic acids is 2. The Hall–Kier alpha value is -1.26. The highest BCUT2D eigenvalue weighted by atomic mass is 16.6. The molecule has 5 nitrogen and oxygen atoms in total. The molecule has 0 aliphatic carbocycles. The van der Waals surface area contributed by atoms with Gasteiger partial charge in [0.1, 0.15) is 6.04 Å². The molecule has 1 rings (SSSR count). The van der Waals surface area contributed by atoms with Gasteiger partial charge in [0.05, 0.1) is 13.2 Å². The van der Waals surface area contributed by atoms with E-state index in [1.165, 1.54) is 81.9 Å². The van der Waals surface area contributed by atoms with Gasteiger partial charge in [0.25, 0.3) is 0 Å². The number of hydrogen-bond acceptors (Lipinski definition) is 4. The summed E-state index contributed by atoms with van der Waals surface area (Å²) >= 11 is 0. The third kappa shape index (κ3) is 12.4. The molecule has 1 fully saturated rings. The van der Waals surface area contributed by atoms with Crippen LogP contribution in [0.5, 0.6) is 0 Å². The molecule has 0 aromatic heterocycles. The van der Waals surface area contributed by atoms with Gasteiger partial charge in [0.15, 0.2) is 0 Å². The van der Waals surface area contributed by atoms with Crippen molar-refractivity contribution in [1.82, 2.24) is 4.90 Å². The summed E-state index contributed by atoms with van der Waals surface area (Å²) in [6.07, 6.45) is 20.3. The molecule has 1 aliphatic heterocycles. The summed E-state index contributed by atoms with van der Waals surface area (Å²) < 4.78 is 10.6. The maximum absolute atomic E-state index is 12.3. The Balaban J connectivity index is 1.93. The van der Waals surface area contributed by atoms with E-state index in [1.807, 2.05) is 6.92 Å². The zero-order chi connectivity index (χ0) is 21.9. The standard InChI is InChI=1S/C25H47NO4/c1-3-5-6-7-8-9-10-11-12-13-14-15-16-17-22-29-24(27)23-19-18-20-26(23)25(28)30-21-4-2/h23H,3-22H2,1-2H3. The second kappa shape index (κ2) is 18.5. The molecule has 30 heavy (non-hydrogen) atoms. The summed E-state index contributed by atoms with van der Waals surface area (Å²) in [5, 5.41) is 0. The molecular weight excluding hydrogens is 378 g/mol. The van der Waals surface area contributed by atoms with Crippen LogP contribution in [-0.4, -0.2) is 42.8 Å². The van der Waals surface area contributed by atoms with Gasteiger partial charge in [-0.25, -0.2) is 9.59 Å². The molecule has 176 valence electrons. The summed E-state index contributed by atoms with van der Waals surface area (Å²) in [7, 11) is 0. The van der Waals surface area contributed by atoms with Gasteiger partial charge in [-0.3, -0.25) is 4.90 Å². The largest absolute Gasteiger partial charge is 0.464 e. The van der Waals surface area contributed by atoms with Gasteiger partial charge >= 0.3 is 12.1 Å². The van der Waals surface area contributed by atoms with Crippen LogP contribution >= 0.6 is 0 Å². The first-order valence-corrected chi connectivity index (χ1v) is 12.8. The minimum atomic E-state index is -0.457. The fourth-order valence-corrected chi connectivity index (χ4v) is 4.07. The van der Waals surface area contributed by atoms with Gasteiger partial charge in [-0.2, -0.15) is 0 Å². The molecule has 1 unspecified atom stereocenters. The second-order valence-corrected chi connectivity index (χ2v) is 8.73. The predicted molar refractivity (Wildman–Crippen MR) is 123 cm³/mol. The smallest absolute Gasteiger partial charge is 0.410 e. The van der Waals surface area contributed by atoms with E-state index < -0.39 is 6.04 Å². The molecule has 1 heterocycles. The van der Waals surface area contributed by atoms with E-state index in [9.17, 15) is 9.59 Å². The Bertz CT molecular complexity index is 441. The van der Waals surface area contributed by atoms with Gasteiger partial charge in [0, 0.05) is 6.54 Å². The Labute approximate surface area is 185 Å². The van der Waals surface area contributed by atoms with Gasteiger partial charge < -0.3 is 9.47 Å². The van der Waals surface area contributed by atoms with Crippen molar-refractivity contribution < 1.29 is 19.1 Å². The molecule has 1 amide bonds. The lowest BCUT2D eigenvalue weighted by atomic mass is 10.0. The molecular formula is C25H47NO4. The number of unbranched alkanes of at least 4 members (excludes halogenated alkanes) is 13. The lowest BCUT2D eigenvalue weighted by Gasteiger charge is -2.22. The van der Waals surface area contributed by atoms with Crippen molar-refractivity contribution in [2.75, 3.05) is 19.8 Å². The first kappa shape index (κ1) is 26.8. The fraction of sp³-hybridized carbons (Fsp3) is 0.920. The predicted octanol–water partition coefficient (Wildman–Crippen LogP) is 7.02. The van der Waals surface area contributed by atoms with Crippen LogP contribution in [0.4, 0.5) is 4.79 Å². The number of nitrogens with zero attached hydrogens (tertiary/aromatic N) is 1. The number of esters is 1. The minimum absolute atomic E-state index is 0.268. The van der Waals surface area contributed by atoms with Gasteiger partial charge in [-0.15, -0.1) is 0 Å². The van der Waals surface area contributed by atoms with Crippen LogP contribution in [0.25, 0.3) is 0 Å². The molecule has 0 spiro atoms. The molecule has 1 aliphatic rings. The number of carbonyl (C=O) groups is 2. The minimum Gasteiger partial charge on any atom is -0.464 e. The Kier molecular flexibility index (Phi) is 16.5. The fourth-order valence-electron chi connectivity index (χ4n) is 4.07. The Morgan fingerprint density at radius 1 is 0.700 bits per heavy atom. The summed E-state index contributed by atoms with van der Waals surface area (Å²) in [5.41, 5.74) is 0. The highest BCUT2D eigenvalue weighted by Crippen LogP contribution is 2.20. The molecule has 0 saturated carbocycles. The average Bonchev–Trinajstić information content (AvgIpc) is 3.25. The van der Waals surface area contributed by atoms with Crippen LogP contribution in [0.2, 0.25) is 0 Å². The maximum atomic E-state index is 12.3. The first-order chi connectivity index (χ1) is 14.7. The average molecular weight is 426 g/mol. The summed E-state index contributed by atoms with van der Waals surface area (Å²) in [6, 6.07) is -0.457.